The van der Waals surface area contributed by atoms with Crippen LogP contribution in [-0.2, 0) is 23.9 Å². The van der Waals surface area contributed by atoms with Crippen molar-refractivity contribution < 1.29 is 47.5 Å². The van der Waals surface area contributed by atoms with Gasteiger partial charge in [0.25, 0.3) is 0 Å². The van der Waals surface area contributed by atoms with E-state index in [0.717, 1.165) is 0 Å². The Kier molecular flexibility index (Phi) is 6.03. The van der Waals surface area contributed by atoms with Gasteiger partial charge >= 0.3 is 35.5 Å². The number of ether oxygens (including phenoxy) is 1. The van der Waals surface area contributed by atoms with Gasteiger partial charge in [0.2, 0.25) is 0 Å². The average Bonchev–Trinajstić information content (AvgIpc) is 2.16. The molecule has 0 fully saturated rings. The van der Waals surface area contributed by atoms with E-state index in [1.165, 1.54) is 25.3 Å². The number of carbonyl (C=O) groups is 1. The monoisotopic (exact) mass is 222 g/mol. The van der Waals surface area contributed by atoms with E-state index < -0.39 is 16.7 Å². The summed E-state index contributed by atoms with van der Waals surface area (Å²) in [5.41, 5.74) is 0.0540. The van der Waals surface area contributed by atoms with E-state index in [4.69, 9.17) is 0 Å². The molecular weight excluding hydrogens is 215 g/mol. The van der Waals surface area contributed by atoms with Gasteiger partial charge in [-0.05, 0) is 16.8 Å². The molecule has 0 aromatic heterocycles. The van der Waals surface area contributed by atoms with Gasteiger partial charge in [-0.25, -0.2) is 4.79 Å². The minimum absolute atomic E-state index is 0. The van der Waals surface area contributed by atoms with Gasteiger partial charge in [0.1, 0.15) is 0 Å². The van der Waals surface area contributed by atoms with Crippen LogP contribution in [0.2, 0.25) is 0 Å². The normalized spacial score (nSPS) is 9.29. The van der Waals surface area contributed by atoms with Crippen LogP contribution in [0.5, 0.6) is 0 Å². The number of hydrogen-bond donors (Lipinski definition) is 0. The summed E-state index contributed by atoms with van der Waals surface area (Å²) < 4.78 is 25.7. The van der Waals surface area contributed by atoms with Crippen LogP contribution in [0.15, 0.2) is 29.2 Å². The predicted octanol–water partition coefficient (Wildman–Crippen LogP) is -1.85. The minimum Gasteiger partial charge on any atom is -0.465 e. The third-order valence-electron chi connectivity index (χ3n) is 1.47. The van der Waals surface area contributed by atoms with E-state index in [9.17, 15) is 13.2 Å². The molecule has 0 radical (unpaired) electrons. The molecule has 0 spiro atoms. The molecule has 1 rings (SSSR count). The molecule has 0 aliphatic heterocycles. The molecule has 0 saturated heterocycles. The molecule has 0 unspecified atom stereocenters. The standard InChI is InChI=1S/C8H7O4S.Na/c1-12-8(9)6-4-2-3-5-7(6)13(10)11;/h2-5H,1H3;/q-1;+1. The van der Waals surface area contributed by atoms with Crippen molar-refractivity contribution in [3.05, 3.63) is 29.8 Å². The molecular formula is C8H7NaO4S. The molecule has 70 valence electrons. The molecule has 0 atom stereocenters. The molecule has 0 N–H and O–H groups in total. The average molecular weight is 222 g/mol. The molecule has 1 aromatic rings. The van der Waals surface area contributed by atoms with Crippen molar-refractivity contribution >= 4 is 16.7 Å². The Morgan fingerprint density at radius 3 is 2.36 bits per heavy atom. The molecule has 0 aliphatic rings. The first-order valence-corrected chi connectivity index (χ1v) is 4.51. The van der Waals surface area contributed by atoms with Gasteiger partial charge in [0.05, 0.1) is 7.11 Å². The van der Waals surface area contributed by atoms with E-state index in [1.54, 1.807) is 6.07 Å². The van der Waals surface area contributed by atoms with Crippen molar-refractivity contribution in [2.75, 3.05) is 7.11 Å². The molecule has 6 heteroatoms. The van der Waals surface area contributed by atoms with Crippen LogP contribution in [-0.4, -0.2) is 13.1 Å². The molecule has 14 heavy (non-hydrogen) atoms. The van der Waals surface area contributed by atoms with Crippen molar-refractivity contribution in [1.29, 1.82) is 0 Å². The largest absolute Gasteiger partial charge is 1.00 e. The van der Waals surface area contributed by atoms with Crippen molar-refractivity contribution in [2.45, 2.75) is 4.90 Å². The molecule has 0 aliphatic carbocycles. The zero-order valence-electron chi connectivity index (χ0n) is 7.85. The van der Waals surface area contributed by atoms with E-state index in [0.29, 0.717) is 0 Å². The second-order valence-corrected chi connectivity index (χ2v) is 3.13. The van der Waals surface area contributed by atoms with Gasteiger partial charge in [0, 0.05) is 5.56 Å². The summed E-state index contributed by atoms with van der Waals surface area (Å²) in [5.74, 6) is -0.653. The second kappa shape index (κ2) is 6.19. The maximum atomic E-state index is 11.0. The fourth-order valence-corrected chi connectivity index (χ4v) is 1.41. The fourth-order valence-electron chi connectivity index (χ4n) is 0.891. The van der Waals surface area contributed by atoms with Gasteiger partial charge in [-0.1, -0.05) is 23.1 Å². The summed E-state index contributed by atoms with van der Waals surface area (Å²) in [4.78, 5) is 11.0. The zero-order chi connectivity index (χ0) is 9.84. The summed E-state index contributed by atoms with van der Waals surface area (Å²) >= 11 is 0. The van der Waals surface area contributed by atoms with Crippen molar-refractivity contribution in [1.82, 2.24) is 0 Å². The number of hydrogen-bond acceptors (Lipinski definition) is 5. The summed E-state index contributed by atoms with van der Waals surface area (Å²) in [7, 11) is -1.21. The van der Waals surface area contributed by atoms with Crippen LogP contribution < -0.4 is 29.6 Å². The Morgan fingerprint density at radius 2 is 1.86 bits per heavy atom. The Bertz CT molecular complexity index is 392. The molecule has 0 heterocycles. The third kappa shape index (κ3) is 3.09. The summed E-state index contributed by atoms with van der Waals surface area (Å²) in [6.07, 6.45) is 0. The maximum Gasteiger partial charge on any atom is 1.00 e. The number of benzene rings is 1. The van der Waals surface area contributed by atoms with Crippen LogP contribution in [0.3, 0.4) is 0 Å². The van der Waals surface area contributed by atoms with E-state index in [1.807, 2.05) is 0 Å². The van der Waals surface area contributed by atoms with E-state index >= 15 is 0 Å². The van der Waals surface area contributed by atoms with Gasteiger partial charge in [-0.15, -0.1) is 0 Å². The summed E-state index contributed by atoms with van der Waals surface area (Å²) in [5, 5.41) is 0. The van der Waals surface area contributed by atoms with Gasteiger partial charge in [-0.3, -0.25) is 0 Å². The summed E-state index contributed by atoms with van der Waals surface area (Å²) in [6, 6.07) is 5.85. The number of carbonyl (C=O) groups excluding carboxylic acids is 1. The molecule has 0 saturated carbocycles. The summed E-state index contributed by atoms with van der Waals surface area (Å²) in [6.45, 7) is 0. The smallest absolute Gasteiger partial charge is 0.465 e. The van der Waals surface area contributed by atoms with E-state index in [-0.39, 0.29) is 40.0 Å². The first-order valence-electron chi connectivity index (χ1n) is 3.43. The van der Waals surface area contributed by atoms with Crippen LogP contribution in [0.25, 0.3) is 0 Å². The van der Waals surface area contributed by atoms with Crippen LogP contribution in [0.4, 0.5) is 0 Å². The van der Waals surface area contributed by atoms with Gasteiger partial charge < -0.3 is 13.2 Å². The van der Waals surface area contributed by atoms with Crippen molar-refractivity contribution in [3.8, 4) is 0 Å². The molecule has 0 amide bonds. The topological polar surface area (TPSA) is 60.4 Å². The quantitative estimate of drug-likeness (QED) is 0.335. The molecule has 0 bridgehead atoms. The first-order chi connectivity index (χ1) is 6.16. The van der Waals surface area contributed by atoms with E-state index in [2.05, 4.69) is 4.74 Å². The molecule has 1 aromatic carbocycles. The zero-order valence-corrected chi connectivity index (χ0v) is 10.7. The van der Waals surface area contributed by atoms with Crippen LogP contribution in [0, 0.1) is 0 Å². The first kappa shape index (κ1) is 13.6. The number of methoxy groups -OCH3 is 1. The Balaban J connectivity index is 0.00000169. The predicted molar refractivity (Wildman–Crippen MR) is 44.8 cm³/mol. The van der Waals surface area contributed by atoms with Crippen LogP contribution >= 0.6 is 0 Å². The fraction of sp³-hybridized carbons (Fsp3) is 0.125. The Morgan fingerprint density at radius 1 is 1.29 bits per heavy atom. The minimum atomic E-state index is -2.41. The van der Waals surface area contributed by atoms with Crippen molar-refractivity contribution in [3.63, 3.8) is 0 Å². The van der Waals surface area contributed by atoms with Gasteiger partial charge in [0.15, 0.2) is 0 Å². The Labute approximate surface area is 106 Å². The molecule has 4 nitrogen and oxygen atoms in total. The number of esters is 1. The second-order valence-electron chi connectivity index (χ2n) is 2.22. The van der Waals surface area contributed by atoms with Crippen LogP contribution in [0.1, 0.15) is 10.4 Å². The SMILES string of the molecule is COC(=O)c1ccccc1[S-](=O)=O.[Na+]. The third-order valence-corrected chi connectivity index (χ3v) is 2.19. The Hall–Kier alpha value is -0.360. The van der Waals surface area contributed by atoms with Gasteiger partial charge in [-0.2, -0.15) is 0 Å². The number of rotatable bonds is 2. The van der Waals surface area contributed by atoms with Crippen molar-refractivity contribution in [2.24, 2.45) is 0 Å². The maximum absolute atomic E-state index is 11.0.